The van der Waals surface area contributed by atoms with Crippen molar-refractivity contribution in [1.29, 1.82) is 0 Å². The average Bonchev–Trinajstić information content (AvgIpc) is 2.03. The van der Waals surface area contributed by atoms with Gasteiger partial charge in [0, 0.05) is 3.57 Å². The van der Waals surface area contributed by atoms with Gasteiger partial charge in [0.15, 0.2) is 0 Å². The largest absolute Gasteiger partial charge is 0.302 e. The fourth-order valence-electron chi connectivity index (χ4n) is 0.699. The summed E-state index contributed by atoms with van der Waals surface area (Å²) in [6.07, 6.45) is 0. The molecule has 0 spiro atoms. The van der Waals surface area contributed by atoms with E-state index in [-0.39, 0.29) is 6.61 Å². The summed E-state index contributed by atoms with van der Waals surface area (Å²) in [6, 6.07) is 7.54. The molecule has 0 aliphatic heterocycles. The molecule has 0 radical (unpaired) electrons. The summed E-state index contributed by atoms with van der Waals surface area (Å²) in [5.74, 6) is 0. The van der Waals surface area contributed by atoms with Crippen LogP contribution in [-0.2, 0) is 22.2 Å². The van der Waals surface area contributed by atoms with E-state index in [9.17, 15) is 4.21 Å². The first kappa shape index (κ1) is 10.1. The lowest BCUT2D eigenvalue weighted by Crippen LogP contribution is -1.95. The van der Waals surface area contributed by atoms with Crippen LogP contribution in [0, 0.1) is 3.57 Å². The molecule has 0 fully saturated rings. The molecule has 0 heterocycles. The molecule has 0 aromatic heterocycles. The number of benzene rings is 1. The molecule has 12 heavy (non-hydrogen) atoms. The molecule has 1 atom stereocenters. The van der Waals surface area contributed by atoms with Crippen LogP contribution in [0.25, 0.3) is 0 Å². The molecule has 1 aromatic rings. The van der Waals surface area contributed by atoms with Crippen LogP contribution in [0.1, 0.15) is 5.56 Å². The van der Waals surface area contributed by atoms with Gasteiger partial charge in [-0.2, -0.15) is 4.21 Å². The maximum atomic E-state index is 10.1. The van der Waals surface area contributed by atoms with Crippen molar-refractivity contribution in [2.75, 3.05) is 0 Å². The van der Waals surface area contributed by atoms with Gasteiger partial charge in [0.05, 0.1) is 6.61 Å². The molecule has 0 saturated heterocycles. The number of rotatable bonds is 3. The molecule has 0 aliphatic rings. The molecule has 1 rings (SSSR count). The van der Waals surface area contributed by atoms with Crippen molar-refractivity contribution >= 4 is 34.0 Å². The Morgan fingerprint density at radius 2 is 2.00 bits per heavy atom. The van der Waals surface area contributed by atoms with Gasteiger partial charge in [-0.15, -0.1) is 0 Å². The van der Waals surface area contributed by atoms with E-state index in [2.05, 4.69) is 26.8 Å². The van der Waals surface area contributed by atoms with Gasteiger partial charge in [-0.25, -0.2) is 0 Å². The minimum atomic E-state index is -2.17. The van der Waals surface area contributed by atoms with Gasteiger partial charge >= 0.3 is 11.4 Å². The van der Waals surface area contributed by atoms with E-state index in [1.807, 2.05) is 24.3 Å². The van der Waals surface area contributed by atoms with Crippen molar-refractivity contribution in [3.63, 3.8) is 0 Å². The monoisotopic (exact) mass is 298 g/mol. The van der Waals surface area contributed by atoms with E-state index in [1.54, 1.807) is 0 Å². The highest BCUT2D eigenvalue weighted by Crippen LogP contribution is 2.07. The highest BCUT2D eigenvalue weighted by Gasteiger charge is 1.95. The van der Waals surface area contributed by atoms with Gasteiger partial charge in [0.1, 0.15) is 0 Å². The van der Waals surface area contributed by atoms with Crippen LogP contribution < -0.4 is 0 Å². The summed E-state index contributed by atoms with van der Waals surface area (Å²) in [5.41, 5.74) is 0.887. The van der Waals surface area contributed by atoms with Crippen LogP contribution in [0.15, 0.2) is 24.3 Å². The fourth-order valence-corrected chi connectivity index (χ4v) is 1.30. The van der Waals surface area contributed by atoms with Gasteiger partial charge in [-0.05, 0) is 40.3 Å². The summed E-state index contributed by atoms with van der Waals surface area (Å²) in [6.45, 7) is 0.167. The maximum Gasteiger partial charge on any atom is 0.302 e. The Morgan fingerprint density at radius 3 is 2.50 bits per heavy atom. The first-order valence-corrected chi connectivity index (χ1v) is 5.28. The molecule has 1 N–H and O–H groups in total. The van der Waals surface area contributed by atoms with Crippen LogP contribution in [0.3, 0.4) is 0 Å². The number of hydrogen-bond acceptors (Lipinski definition) is 2. The molecule has 0 bridgehead atoms. The van der Waals surface area contributed by atoms with Crippen LogP contribution in [-0.4, -0.2) is 8.76 Å². The van der Waals surface area contributed by atoms with Gasteiger partial charge in [0.25, 0.3) is 0 Å². The minimum Gasteiger partial charge on any atom is -0.284 e. The molecule has 0 saturated carbocycles. The second kappa shape index (κ2) is 4.90. The van der Waals surface area contributed by atoms with Crippen LogP contribution >= 0.6 is 22.6 Å². The van der Waals surface area contributed by atoms with Crippen LogP contribution in [0.5, 0.6) is 0 Å². The zero-order chi connectivity index (χ0) is 8.97. The van der Waals surface area contributed by atoms with Crippen LogP contribution in [0.2, 0.25) is 0 Å². The quantitative estimate of drug-likeness (QED) is 0.685. The normalized spacial score (nSPS) is 12.8. The van der Waals surface area contributed by atoms with E-state index in [0.717, 1.165) is 9.13 Å². The highest BCUT2D eigenvalue weighted by molar-refractivity contribution is 14.1. The molecular formula is C7H7IO3S. The smallest absolute Gasteiger partial charge is 0.284 e. The van der Waals surface area contributed by atoms with E-state index in [1.165, 1.54) is 0 Å². The van der Waals surface area contributed by atoms with Crippen molar-refractivity contribution in [1.82, 2.24) is 0 Å². The summed E-state index contributed by atoms with van der Waals surface area (Å²) < 4.78 is 24.1. The third-order valence-corrected chi connectivity index (χ3v) is 2.28. The zero-order valence-electron chi connectivity index (χ0n) is 6.07. The Hall–Kier alpha value is 0.0200. The lowest BCUT2D eigenvalue weighted by molar-refractivity contribution is 0.297. The van der Waals surface area contributed by atoms with Gasteiger partial charge < -0.3 is 0 Å². The predicted octanol–water partition coefficient (Wildman–Crippen LogP) is 1.94. The lowest BCUT2D eigenvalue weighted by Gasteiger charge is -1.98. The topological polar surface area (TPSA) is 46.5 Å². The van der Waals surface area contributed by atoms with Crippen molar-refractivity contribution < 1.29 is 12.9 Å². The van der Waals surface area contributed by atoms with Crippen molar-refractivity contribution in [2.45, 2.75) is 6.61 Å². The summed E-state index contributed by atoms with van der Waals surface area (Å²) in [5, 5.41) is 0. The lowest BCUT2D eigenvalue weighted by atomic mass is 10.2. The summed E-state index contributed by atoms with van der Waals surface area (Å²) in [7, 11) is 0. The molecule has 3 nitrogen and oxygen atoms in total. The van der Waals surface area contributed by atoms with Gasteiger partial charge in [0.2, 0.25) is 0 Å². The van der Waals surface area contributed by atoms with Gasteiger partial charge in [-0.3, -0.25) is 8.74 Å². The number of hydrogen-bond donors (Lipinski definition) is 1. The minimum absolute atomic E-state index is 0.167. The molecule has 66 valence electrons. The van der Waals surface area contributed by atoms with E-state index in [0.29, 0.717) is 0 Å². The molecule has 0 amide bonds. The maximum absolute atomic E-state index is 10.1. The molecular weight excluding hydrogens is 291 g/mol. The molecule has 5 heteroatoms. The first-order valence-electron chi connectivity index (χ1n) is 3.17. The van der Waals surface area contributed by atoms with Gasteiger partial charge in [-0.1, -0.05) is 12.1 Å². The Labute approximate surface area is 86.8 Å². The van der Waals surface area contributed by atoms with Crippen molar-refractivity contribution in [3.8, 4) is 0 Å². The second-order valence-electron chi connectivity index (χ2n) is 2.11. The first-order chi connectivity index (χ1) is 5.68. The molecule has 1 unspecified atom stereocenters. The van der Waals surface area contributed by atoms with Crippen LogP contribution in [0.4, 0.5) is 0 Å². The zero-order valence-corrected chi connectivity index (χ0v) is 9.04. The SMILES string of the molecule is O=S(O)OCc1ccc(I)cc1. The second-order valence-corrected chi connectivity index (χ2v) is 4.02. The van der Waals surface area contributed by atoms with E-state index >= 15 is 0 Å². The Morgan fingerprint density at radius 1 is 1.42 bits per heavy atom. The Bertz CT molecular complexity index is 272. The Kier molecular flexibility index (Phi) is 4.13. The van der Waals surface area contributed by atoms with E-state index < -0.39 is 11.4 Å². The third-order valence-electron chi connectivity index (χ3n) is 1.24. The van der Waals surface area contributed by atoms with E-state index in [4.69, 9.17) is 4.55 Å². The summed E-state index contributed by atoms with van der Waals surface area (Å²) in [4.78, 5) is 0. The summed E-state index contributed by atoms with van der Waals surface area (Å²) >= 11 is 0.0148. The average molecular weight is 298 g/mol. The number of halogens is 1. The van der Waals surface area contributed by atoms with Crippen molar-refractivity contribution in [2.24, 2.45) is 0 Å². The Balaban J connectivity index is 2.53. The van der Waals surface area contributed by atoms with Crippen molar-refractivity contribution in [3.05, 3.63) is 33.4 Å². The standard InChI is InChI=1S/C7H7IO3S/c8-7-3-1-6(2-4-7)5-11-12(9)10/h1-4H,5H2,(H,9,10). The third kappa shape index (κ3) is 3.61. The fraction of sp³-hybridized carbons (Fsp3) is 0.143. The highest BCUT2D eigenvalue weighted by atomic mass is 127. The predicted molar refractivity (Wildman–Crippen MR) is 54.7 cm³/mol. The molecule has 1 aromatic carbocycles. The molecule has 0 aliphatic carbocycles.